The molecule has 0 spiro atoms. The Kier molecular flexibility index (Phi) is 7.22. The average molecular weight is 473 g/mol. The van der Waals surface area contributed by atoms with Gasteiger partial charge in [0.15, 0.2) is 11.0 Å². The van der Waals surface area contributed by atoms with Crippen LogP contribution in [0.25, 0.3) is 0 Å². The number of carbonyl (C=O) groups excluding carboxylic acids is 1. The summed E-state index contributed by atoms with van der Waals surface area (Å²) in [6, 6.07) is 15.4. The molecule has 32 heavy (non-hydrogen) atoms. The molecular formula is C23H25ClN4O3S. The van der Waals surface area contributed by atoms with Crippen molar-refractivity contribution in [1.29, 1.82) is 0 Å². The summed E-state index contributed by atoms with van der Waals surface area (Å²) in [6.07, 6.45) is 2.15. The third kappa shape index (κ3) is 5.37. The molecule has 1 aliphatic rings. The number of thioether (sulfide) groups is 1. The molecule has 0 N–H and O–H groups in total. The SMILES string of the molecule is COc1ccccc1CN(C)C(=O)CSc1nnc(COc2ccccc2Cl)n1C1CC1. The van der Waals surface area contributed by atoms with Crippen LogP contribution in [0.2, 0.25) is 5.02 Å². The number of hydrogen-bond donors (Lipinski definition) is 0. The number of amides is 1. The predicted octanol–water partition coefficient (Wildman–Crippen LogP) is 4.60. The summed E-state index contributed by atoms with van der Waals surface area (Å²) in [6.45, 7) is 0.755. The fraction of sp³-hybridized carbons (Fsp3) is 0.348. The van der Waals surface area contributed by atoms with E-state index in [4.69, 9.17) is 21.1 Å². The fourth-order valence-corrected chi connectivity index (χ4v) is 4.48. The van der Waals surface area contributed by atoms with E-state index < -0.39 is 0 Å². The molecule has 168 valence electrons. The minimum Gasteiger partial charge on any atom is -0.496 e. The zero-order valence-corrected chi connectivity index (χ0v) is 19.6. The highest BCUT2D eigenvalue weighted by Gasteiger charge is 2.30. The predicted molar refractivity (Wildman–Crippen MR) is 124 cm³/mol. The van der Waals surface area contributed by atoms with E-state index >= 15 is 0 Å². The number of halogens is 1. The molecule has 3 aromatic rings. The van der Waals surface area contributed by atoms with Gasteiger partial charge in [-0.1, -0.05) is 53.7 Å². The molecule has 0 saturated heterocycles. The second-order valence-corrected chi connectivity index (χ2v) is 8.92. The maximum absolute atomic E-state index is 12.7. The first kappa shape index (κ1) is 22.5. The molecule has 0 unspecified atom stereocenters. The van der Waals surface area contributed by atoms with Crippen molar-refractivity contribution in [1.82, 2.24) is 19.7 Å². The van der Waals surface area contributed by atoms with Crippen LogP contribution in [0.15, 0.2) is 53.7 Å². The van der Waals surface area contributed by atoms with Crippen molar-refractivity contribution in [3.63, 3.8) is 0 Å². The van der Waals surface area contributed by atoms with Gasteiger partial charge in [-0.25, -0.2) is 0 Å². The lowest BCUT2D eigenvalue weighted by atomic mass is 10.2. The van der Waals surface area contributed by atoms with Crippen LogP contribution in [0.1, 0.15) is 30.3 Å². The Hall–Kier alpha value is -2.71. The topological polar surface area (TPSA) is 69.5 Å². The summed E-state index contributed by atoms with van der Waals surface area (Å²) >= 11 is 7.58. The van der Waals surface area contributed by atoms with Crippen molar-refractivity contribution < 1.29 is 14.3 Å². The molecule has 0 radical (unpaired) electrons. The number of carbonyl (C=O) groups is 1. The van der Waals surface area contributed by atoms with E-state index in [1.54, 1.807) is 25.1 Å². The Morgan fingerprint density at radius 2 is 1.88 bits per heavy atom. The van der Waals surface area contributed by atoms with Crippen molar-refractivity contribution >= 4 is 29.3 Å². The first-order valence-electron chi connectivity index (χ1n) is 10.4. The van der Waals surface area contributed by atoms with E-state index in [1.807, 2.05) is 42.5 Å². The van der Waals surface area contributed by atoms with Gasteiger partial charge in [0.1, 0.15) is 18.1 Å². The number of para-hydroxylation sites is 2. The van der Waals surface area contributed by atoms with E-state index in [9.17, 15) is 4.79 Å². The van der Waals surface area contributed by atoms with Crippen LogP contribution < -0.4 is 9.47 Å². The fourth-order valence-electron chi connectivity index (χ4n) is 3.32. The maximum atomic E-state index is 12.7. The van der Waals surface area contributed by atoms with E-state index in [0.29, 0.717) is 23.4 Å². The first-order valence-corrected chi connectivity index (χ1v) is 11.7. The van der Waals surface area contributed by atoms with E-state index in [2.05, 4.69) is 14.8 Å². The van der Waals surface area contributed by atoms with Gasteiger partial charge in [0.05, 0.1) is 17.9 Å². The molecule has 0 atom stereocenters. The average Bonchev–Trinajstić information content (AvgIpc) is 3.57. The van der Waals surface area contributed by atoms with Crippen LogP contribution >= 0.6 is 23.4 Å². The van der Waals surface area contributed by atoms with Crippen molar-refractivity contribution in [2.24, 2.45) is 0 Å². The van der Waals surface area contributed by atoms with Gasteiger partial charge in [0.2, 0.25) is 5.91 Å². The molecule has 1 aliphatic carbocycles. The lowest BCUT2D eigenvalue weighted by Crippen LogP contribution is -2.28. The number of benzene rings is 2. The molecule has 4 rings (SSSR count). The number of aromatic nitrogens is 3. The second kappa shape index (κ2) is 10.3. The van der Waals surface area contributed by atoms with Gasteiger partial charge in [-0.3, -0.25) is 9.36 Å². The number of rotatable bonds is 10. The van der Waals surface area contributed by atoms with Crippen molar-refractivity contribution in [3.8, 4) is 11.5 Å². The quantitative estimate of drug-likeness (QED) is 0.401. The van der Waals surface area contributed by atoms with Crippen LogP contribution in [-0.4, -0.2) is 45.5 Å². The van der Waals surface area contributed by atoms with Gasteiger partial charge in [-0.05, 0) is 31.0 Å². The molecule has 1 heterocycles. The minimum atomic E-state index is 0.0140. The molecule has 0 bridgehead atoms. The van der Waals surface area contributed by atoms with Crippen LogP contribution in [0.3, 0.4) is 0 Å². The van der Waals surface area contributed by atoms with Gasteiger partial charge >= 0.3 is 0 Å². The Morgan fingerprint density at radius 3 is 2.59 bits per heavy atom. The summed E-state index contributed by atoms with van der Waals surface area (Å²) in [4.78, 5) is 14.4. The van der Waals surface area contributed by atoms with Gasteiger partial charge < -0.3 is 14.4 Å². The molecule has 7 nitrogen and oxygen atoms in total. The standard InChI is InChI=1S/C23H25ClN4O3S/c1-27(13-16-7-3-5-9-19(16)30-2)22(29)15-32-23-26-25-21(28(23)17-11-12-17)14-31-20-10-6-4-8-18(20)24/h3-10,17H,11-15H2,1-2H3. The smallest absolute Gasteiger partial charge is 0.233 e. The third-order valence-corrected chi connectivity index (χ3v) is 6.43. The number of nitrogens with zero attached hydrogens (tertiary/aromatic N) is 4. The van der Waals surface area contributed by atoms with Crippen LogP contribution in [-0.2, 0) is 17.9 Å². The molecule has 1 aromatic heterocycles. The van der Waals surface area contributed by atoms with Crippen LogP contribution in [0.5, 0.6) is 11.5 Å². The summed E-state index contributed by atoms with van der Waals surface area (Å²) in [5.74, 6) is 2.42. The van der Waals surface area contributed by atoms with Crippen molar-refractivity contribution in [2.75, 3.05) is 19.9 Å². The number of methoxy groups -OCH3 is 1. The highest BCUT2D eigenvalue weighted by molar-refractivity contribution is 7.99. The lowest BCUT2D eigenvalue weighted by Gasteiger charge is -2.18. The zero-order chi connectivity index (χ0) is 22.5. The number of hydrogen-bond acceptors (Lipinski definition) is 6. The summed E-state index contributed by atoms with van der Waals surface area (Å²) in [5.41, 5.74) is 0.969. The molecule has 1 fully saturated rings. The van der Waals surface area contributed by atoms with Crippen molar-refractivity contribution in [3.05, 3.63) is 64.9 Å². The Labute approximate surface area is 196 Å². The highest BCUT2D eigenvalue weighted by Crippen LogP contribution is 2.39. The Bertz CT molecular complexity index is 1090. The summed E-state index contributed by atoms with van der Waals surface area (Å²) in [5, 5.41) is 9.94. The first-order chi connectivity index (χ1) is 15.6. The van der Waals surface area contributed by atoms with Crippen LogP contribution in [0, 0.1) is 0 Å². The van der Waals surface area contributed by atoms with E-state index in [1.165, 1.54) is 11.8 Å². The minimum absolute atomic E-state index is 0.0140. The zero-order valence-electron chi connectivity index (χ0n) is 18.0. The molecule has 0 aliphatic heterocycles. The van der Waals surface area contributed by atoms with E-state index in [0.717, 1.165) is 35.1 Å². The van der Waals surface area contributed by atoms with Crippen LogP contribution in [0.4, 0.5) is 0 Å². The summed E-state index contributed by atoms with van der Waals surface area (Å²) < 4.78 is 13.3. The van der Waals surface area contributed by atoms with E-state index in [-0.39, 0.29) is 18.3 Å². The maximum Gasteiger partial charge on any atom is 0.233 e. The molecule has 1 amide bonds. The Morgan fingerprint density at radius 1 is 1.16 bits per heavy atom. The van der Waals surface area contributed by atoms with Gasteiger partial charge in [0, 0.05) is 25.2 Å². The monoisotopic (exact) mass is 472 g/mol. The molecular weight excluding hydrogens is 448 g/mol. The van der Waals surface area contributed by atoms with Gasteiger partial charge in [0.25, 0.3) is 0 Å². The van der Waals surface area contributed by atoms with Crippen molar-refractivity contribution in [2.45, 2.75) is 37.2 Å². The third-order valence-electron chi connectivity index (χ3n) is 5.19. The normalized spacial score (nSPS) is 13.1. The van der Waals surface area contributed by atoms with Gasteiger partial charge in [-0.15, -0.1) is 10.2 Å². The number of ether oxygens (including phenoxy) is 2. The lowest BCUT2D eigenvalue weighted by molar-refractivity contribution is -0.127. The summed E-state index contributed by atoms with van der Waals surface area (Å²) in [7, 11) is 3.43. The second-order valence-electron chi connectivity index (χ2n) is 7.57. The van der Waals surface area contributed by atoms with Gasteiger partial charge in [-0.2, -0.15) is 0 Å². The molecule has 9 heteroatoms. The molecule has 1 saturated carbocycles. The molecule has 2 aromatic carbocycles. The highest BCUT2D eigenvalue weighted by atomic mass is 35.5. The Balaban J connectivity index is 1.38. The largest absolute Gasteiger partial charge is 0.496 e.